The van der Waals surface area contributed by atoms with Crippen LogP contribution < -0.4 is 0 Å². The molecule has 0 spiro atoms. The molecule has 146 valence electrons. The van der Waals surface area contributed by atoms with Crippen LogP contribution in [0.3, 0.4) is 0 Å². The predicted octanol–water partition coefficient (Wildman–Crippen LogP) is 5.70. The van der Waals surface area contributed by atoms with Gasteiger partial charge in [-0.1, -0.05) is 43.1 Å². The highest BCUT2D eigenvalue weighted by molar-refractivity contribution is 7.07. The van der Waals surface area contributed by atoms with Crippen molar-refractivity contribution in [2.45, 2.75) is 39.2 Å². The number of carboxylic acids is 1. The van der Waals surface area contributed by atoms with E-state index in [2.05, 4.69) is 16.5 Å². The maximum Gasteiger partial charge on any atom is 0.331 e. The van der Waals surface area contributed by atoms with Gasteiger partial charge in [0.2, 0.25) is 0 Å². The second-order valence-corrected chi connectivity index (χ2v) is 7.85. The van der Waals surface area contributed by atoms with Crippen LogP contribution in [-0.2, 0) is 24.2 Å². The number of aliphatic carboxylic acids is 1. The van der Waals surface area contributed by atoms with Gasteiger partial charge in [0, 0.05) is 23.4 Å². The van der Waals surface area contributed by atoms with E-state index in [0.717, 1.165) is 41.9 Å². The summed E-state index contributed by atoms with van der Waals surface area (Å²) in [6, 6.07) is 9.67. The van der Waals surface area contributed by atoms with Gasteiger partial charge >= 0.3 is 5.97 Å². The normalized spacial score (nSPS) is 11.7. The van der Waals surface area contributed by atoms with Gasteiger partial charge in [0.15, 0.2) is 0 Å². The number of hydrogen-bond acceptors (Lipinski definition) is 3. The Morgan fingerprint density at radius 2 is 2.14 bits per heavy atom. The van der Waals surface area contributed by atoms with Crippen molar-refractivity contribution in [2.75, 3.05) is 0 Å². The molecule has 0 aliphatic heterocycles. The molecule has 0 aliphatic carbocycles. The van der Waals surface area contributed by atoms with Gasteiger partial charge in [-0.05, 0) is 46.5 Å². The number of thiophene rings is 1. The quantitative estimate of drug-likeness (QED) is 0.457. The minimum atomic E-state index is -0.910. The number of unbranched alkanes of at least 4 members (excludes halogenated alkanes) is 1. The first-order valence-corrected chi connectivity index (χ1v) is 10.6. The largest absolute Gasteiger partial charge is 0.478 e. The summed E-state index contributed by atoms with van der Waals surface area (Å²) in [6.45, 7) is 2.71. The fraction of sp³-hybridized carbons (Fsp3) is 0.273. The van der Waals surface area contributed by atoms with Gasteiger partial charge in [-0.3, -0.25) is 0 Å². The Hall–Kier alpha value is -2.37. The van der Waals surface area contributed by atoms with E-state index in [4.69, 9.17) is 11.6 Å². The van der Waals surface area contributed by atoms with Crippen LogP contribution in [0.4, 0.5) is 0 Å². The first-order valence-electron chi connectivity index (χ1n) is 9.31. The van der Waals surface area contributed by atoms with E-state index in [1.807, 2.05) is 41.1 Å². The average Bonchev–Trinajstić information content (AvgIpc) is 3.32. The van der Waals surface area contributed by atoms with Crippen molar-refractivity contribution >= 4 is 35.0 Å². The fourth-order valence-electron chi connectivity index (χ4n) is 3.04. The van der Waals surface area contributed by atoms with Crippen molar-refractivity contribution in [3.05, 3.63) is 80.5 Å². The van der Waals surface area contributed by atoms with E-state index in [0.29, 0.717) is 23.6 Å². The molecule has 0 fully saturated rings. The van der Waals surface area contributed by atoms with Gasteiger partial charge in [0.1, 0.15) is 5.82 Å². The summed E-state index contributed by atoms with van der Waals surface area (Å²) >= 11 is 7.93. The molecule has 2 aromatic heterocycles. The van der Waals surface area contributed by atoms with Crippen molar-refractivity contribution in [1.82, 2.24) is 9.55 Å². The van der Waals surface area contributed by atoms with Crippen LogP contribution in [0.2, 0.25) is 5.02 Å². The van der Waals surface area contributed by atoms with Crippen molar-refractivity contribution in [3.8, 4) is 0 Å². The number of imidazole rings is 1. The number of rotatable bonds is 9. The zero-order valence-electron chi connectivity index (χ0n) is 15.8. The van der Waals surface area contributed by atoms with Crippen LogP contribution in [0.25, 0.3) is 6.08 Å². The summed E-state index contributed by atoms with van der Waals surface area (Å²) in [6.07, 6.45) is 6.84. The molecule has 1 aromatic carbocycles. The minimum absolute atomic E-state index is 0.348. The Bertz CT molecular complexity index is 961. The van der Waals surface area contributed by atoms with E-state index < -0.39 is 5.97 Å². The zero-order chi connectivity index (χ0) is 19.9. The van der Waals surface area contributed by atoms with E-state index in [-0.39, 0.29) is 0 Å². The molecule has 0 unspecified atom stereocenters. The molecule has 6 heteroatoms. The standard InChI is InChI=1S/C22H23ClN2O2S/c1-2-3-8-21-24-13-19(25(21)14-17-6-4-5-7-20(17)23)12-18(22(26)27)11-16-9-10-28-15-16/h4-7,9-10,12-13,15H,2-3,8,11,14H2,1H3,(H,26,27). The lowest BCUT2D eigenvalue weighted by molar-refractivity contribution is -0.132. The van der Waals surface area contributed by atoms with Gasteiger partial charge in [-0.2, -0.15) is 11.3 Å². The summed E-state index contributed by atoms with van der Waals surface area (Å²) < 4.78 is 2.08. The molecule has 28 heavy (non-hydrogen) atoms. The Morgan fingerprint density at radius 1 is 1.32 bits per heavy atom. The third kappa shape index (κ3) is 5.12. The van der Waals surface area contributed by atoms with Crippen molar-refractivity contribution in [2.24, 2.45) is 0 Å². The monoisotopic (exact) mass is 414 g/mol. The molecule has 2 heterocycles. The second kappa shape index (κ2) is 9.71. The SMILES string of the molecule is CCCCc1ncc(C=C(Cc2ccsc2)C(=O)O)n1Cc1ccccc1Cl. The lowest BCUT2D eigenvalue weighted by Gasteiger charge is -2.12. The van der Waals surface area contributed by atoms with Crippen LogP contribution >= 0.6 is 22.9 Å². The van der Waals surface area contributed by atoms with Crippen LogP contribution in [0.5, 0.6) is 0 Å². The summed E-state index contributed by atoms with van der Waals surface area (Å²) in [5.74, 6) is 0.0418. The first kappa shape index (κ1) is 20.4. The van der Waals surface area contributed by atoms with Gasteiger partial charge < -0.3 is 9.67 Å². The van der Waals surface area contributed by atoms with Crippen LogP contribution in [0, 0.1) is 0 Å². The van der Waals surface area contributed by atoms with E-state index in [1.165, 1.54) is 0 Å². The number of halogens is 1. The van der Waals surface area contributed by atoms with E-state index in [9.17, 15) is 9.90 Å². The summed E-state index contributed by atoms with van der Waals surface area (Å²) in [5, 5.41) is 14.3. The second-order valence-electron chi connectivity index (χ2n) is 6.66. The van der Waals surface area contributed by atoms with Gasteiger partial charge in [-0.15, -0.1) is 0 Å². The number of aromatic nitrogens is 2. The lowest BCUT2D eigenvalue weighted by atomic mass is 10.1. The van der Waals surface area contributed by atoms with Gasteiger partial charge in [0.25, 0.3) is 0 Å². The van der Waals surface area contributed by atoms with Crippen molar-refractivity contribution in [1.29, 1.82) is 0 Å². The van der Waals surface area contributed by atoms with E-state index in [1.54, 1.807) is 23.6 Å². The Morgan fingerprint density at radius 3 is 2.82 bits per heavy atom. The predicted molar refractivity (Wildman–Crippen MR) is 115 cm³/mol. The van der Waals surface area contributed by atoms with Crippen LogP contribution in [0.15, 0.2) is 52.9 Å². The lowest BCUT2D eigenvalue weighted by Crippen LogP contribution is -2.09. The summed E-state index contributed by atoms with van der Waals surface area (Å²) in [5.41, 5.74) is 3.13. The van der Waals surface area contributed by atoms with Crippen LogP contribution in [0.1, 0.15) is 42.4 Å². The summed E-state index contributed by atoms with van der Waals surface area (Å²) in [4.78, 5) is 16.4. The highest BCUT2D eigenvalue weighted by Gasteiger charge is 2.14. The Kier molecular flexibility index (Phi) is 7.06. The Labute approximate surface area is 174 Å². The molecule has 0 bridgehead atoms. The molecule has 0 aliphatic rings. The molecular weight excluding hydrogens is 392 g/mol. The molecule has 4 nitrogen and oxygen atoms in total. The average molecular weight is 415 g/mol. The molecule has 1 N–H and O–H groups in total. The van der Waals surface area contributed by atoms with Crippen LogP contribution in [-0.4, -0.2) is 20.6 Å². The topological polar surface area (TPSA) is 55.1 Å². The summed E-state index contributed by atoms with van der Waals surface area (Å²) in [7, 11) is 0. The molecular formula is C22H23ClN2O2S. The van der Waals surface area contributed by atoms with E-state index >= 15 is 0 Å². The molecule has 3 rings (SSSR count). The first-order chi connectivity index (χ1) is 13.6. The fourth-order valence-corrected chi connectivity index (χ4v) is 3.90. The number of carboxylic acid groups (broad SMARTS) is 1. The highest BCUT2D eigenvalue weighted by atomic mass is 35.5. The molecule has 0 saturated carbocycles. The maximum absolute atomic E-state index is 11.8. The minimum Gasteiger partial charge on any atom is -0.478 e. The van der Waals surface area contributed by atoms with Crippen molar-refractivity contribution in [3.63, 3.8) is 0 Å². The third-order valence-electron chi connectivity index (χ3n) is 4.58. The molecule has 0 saturated heterocycles. The molecule has 0 radical (unpaired) electrons. The number of hydrogen-bond donors (Lipinski definition) is 1. The number of carbonyl (C=O) groups is 1. The van der Waals surface area contributed by atoms with Crippen molar-refractivity contribution < 1.29 is 9.90 Å². The molecule has 0 amide bonds. The number of benzene rings is 1. The third-order valence-corrected chi connectivity index (χ3v) is 5.68. The maximum atomic E-state index is 11.8. The Balaban J connectivity index is 1.97. The number of nitrogens with zero attached hydrogens (tertiary/aromatic N) is 2. The molecule has 0 atom stereocenters. The zero-order valence-corrected chi connectivity index (χ0v) is 17.3. The van der Waals surface area contributed by atoms with Gasteiger partial charge in [-0.25, -0.2) is 9.78 Å². The number of aryl methyl sites for hydroxylation is 1. The van der Waals surface area contributed by atoms with Gasteiger partial charge in [0.05, 0.1) is 18.4 Å². The highest BCUT2D eigenvalue weighted by Crippen LogP contribution is 2.21. The molecule has 3 aromatic rings. The smallest absolute Gasteiger partial charge is 0.331 e.